The topological polar surface area (TPSA) is 6.48 Å². The Labute approximate surface area is 352 Å². The summed E-state index contributed by atoms with van der Waals surface area (Å²) in [7, 11) is -0.496. The van der Waals surface area contributed by atoms with Crippen LogP contribution >= 0.6 is 31.1 Å². The molecule has 0 spiro atoms. The van der Waals surface area contributed by atoms with E-state index in [0.29, 0.717) is 0 Å². The van der Waals surface area contributed by atoms with Crippen molar-refractivity contribution in [3.63, 3.8) is 0 Å². The first-order valence-electron chi connectivity index (χ1n) is 20.8. The van der Waals surface area contributed by atoms with Crippen molar-refractivity contribution in [2.45, 2.75) is 153 Å². The quantitative estimate of drug-likeness (QED) is 0.133. The van der Waals surface area contributed by atoms with Crippen LogP contribution in [0.4, 0.5) is 11.4 Å². The molecule has 1 aliphatic heterocycles. The van der Waals surface area contributed by atoms with Gasteiger partial charge in [-0.2, -0.15) is 0 Å². The van der Waals surface area contributed by atoms with Gasteiger partial charge in [0.15, 0.2) is 0 Å². The molecule has 6 heteroatoms. The number of halogens is 2. The summed E-state index contributed by atoms with van der Waals surface area (Å²) >= 11 is 16.7. The number of anilines is 2. The minimum atomic E-state index is -0.496. The van der Waals surface area contributed by atoms with Gasteiger partial charge >= 0.3 is 0 Å². The summed E-state index contributed by atoms with van der Waals surface area (Å²) in [5, 5.41) is -0.118. The molecule has 3 aromatic rings. The van der Waals surface area contributed by atoms with Crippen molar-refractivity contribution >= 4 is 42.5 Å². The van der Waals surface area contributed by atoms with Crippen molar-refractivity contribution in [3.05, 3.63) is 116 Å². The molecule has 4 fully saturated rings. The van der Waals surface area contributed by atoms with Crippen LogP contribution in [0.2, 0.25) is 0 Å². The fourth-order valence-corrected chi connectivity index (χ4v) is 17.2. The molecule has 0 aromatic heterocycles. The van der Waals surface area contributed by atoms with Crippen LogP contribution in [-0.4, -0.2) is 34.4 Å². The summed E-state index contributed by atoms with van der Waals surface area (Å²) in [6.45, 7) is 17.9. The molecule has 292 valence electrons. The van der Waals surface area contributed by atoms with E-state index in [4.69, 9.17) is 23.2 Å². The summed E-state index contributed by atoms with van der Waals surface area (Å²) in [5.74, 6) is 1.28. The van der Waals surface area contributed by atoms with Crippen LogP contribution in [0.25, 0.3) is 0 Å². The number of alkyl halides is 2. The van der Waals surface area contributed by atoms with Crippen molar-refractivity contribution in [2.24, 2.45) is 0 Å². The van der Waals surface area contributed by atoms with Crippen molar-refractivity contribution in [1.29, 1.82) is 0 Å². The standard InChI is InChI=1S/C48H63Cl2N2P.Ru/c1-32-27-35(4)45(36(5)28-32)51-25-26-52(46-37(6)29-33(2)30-38(46)7)47(51)43-42(49)23-24-48(50,44(43)34(3)31-39-17-11-8-12-18-39)53(40-19-13-9-14-20-40)41-21-15-10-16-22-41;/h8,11-12,17-18,27-30,40-42H,9-10,13-16,19-26,31H2,1-7H3;. The molecule has 0 radical (unpaired) electrons. The van der Waals surface area contributed by atoms with Gasteiger partial charge < -0.3 is 9.80 Å². The van der Waals surface area contributed by atoms with Gasteiger partial charge in [-0.05, 0) is 138 Å². The largest absolute Gasteiger partial charge is 0.325 e. The molecule has 1 saturated heterocycles. The zero-order chi connectivity index (χ0) is 37.4. The first-order chi connectivity index (χ1) is 25.5. The summed E-state index contributed by atoms with van der Waals surface area (Å²) in [6.07, 6.45) is 16.4. The van der Waals surface area contributed by atoms with Crippen LogP contribution in [0.3, 0.4) is 0 Å². The van der Waals surface area contributed by atoms with Gasteiger partial charge in [-0.15, -0.1) is 23.2 Å². The van der Waals surface area contributed by atoms with E-state index >= 15 is 0 Å². The van der Waals surface area contributed by atoms with Gasteiger partial charge in [0.25, 0.3) is 0 Å². The fraction of sp³-hybridized carbons (Fsp3) is 0.542. The molecule has 0 bridgehead atoms. The Kier molecular flexibility index (Phi) is 13.9. The molecule has 0 amide bonds. The average molecular weight is 871 g/mol. The number of aryl methyl sites for hydroxylation is 6. The maximum atomic E-state index is 8.77. The first-order valence-corrected chi connectivity index (χ1v) is 23.1. The SMILES string of the molecule is CC(Cc1ccccc1)=C1C(=C2N(c3c(C)cc(C)cc3C)CCN2c2c(C)cc(C)cc2C)C(Cl)CCC1(Cl)P(C1CCCCC1)C1CCCCC1.[Ru]. The second-order valence-electron chi connectivity index (χ2n) is 17.1. The first kappa shape index (κ1) is 42.0. The van der Waals surface area contributed by atoms with E-state index in [1.807, 2.05) is 0 Å². The maximum absolute atomic E-state index is 8.77. The summed E-state index contributed by atoms with van der Waals surface area (Å²) in [4.78, 5) is 5.32. The van der Waals surface area contributed by atoms with E-state index in [-0.39, 0.29) is 24.9 Å². The molecule has 2 nitrogen and oxygen atoms in total. The maximum Gasteiger partial charge on any atom is 0.118 e. The molecule has 7 rings (SSSR count). The molecular formula is C48H63Cl2N2PRu. The second-order valence-corrected chi connectivity index (χ2v) is 21.6. The van der Waals surface area contributed by atoms with Gasteiger partial charge in [0, 0.05) is 49.5 Å². The molecule has 54 heavy (non-hydrogen) atoms. The van der Waals surface area contributed by atoms with Crippen LogP contribution in [0.5, 0.6) is 0 Å². The van der Waals surface area contributed by atoms with Crippen LogP contribution in [-0.2, 0) is 25.9 Å². The number of rotatable bonds is 7. The minimum absolute atomic E-state index is 0. The van der Waals surface area contributed by atoms with Crippen LogP contribution < -0.4 is 9.80 Å². The molecule has 1 heterocycles. The Balaban J connectivity index is 0.00000497. The molecular weight excluding hydrogens is 807 g/mol. The average Bonchev–Trinajstić information content (AvgIpc) is 3.53. The van der Waals surface area contributed by atoms with Gasteiger partial charge in [0.05, 0.1) is 9.99 Å². The van der Waals surface area contributed by atoms with Crippen LogP contribution in [0, 0.1) is 41.5 Å². The number of nitrogens with zero attached hydrogens (tertiary/aromatic N) is 2. The molecule has 0 N–H and O–H groups in total. The molecule has 4 aliphatic rings. The van der Waals surface area contributed by atoms with Gasteiger partial charge in [0.2, 0.25) is 0 Å². The Morgan fingerprint density at radius 2 is 1.13 bits per heavy atom. The third kappa shape index (κ3) is 8.34. The van der Waals surface area contributed by atoms with Gasteiger partial charge in [-0.3, -0.25) is 0 Å². The van der Waals surface area contributed by atoms with E-state index in [1.165, 1.54) is 137 Å². The molecule has 2 unspecified atom stereocenters. The van der Waals surface area contributed by atoms with E-state index in [0.717, 1.165) is 43.7 Å². The number of hydrogen-bond acceptors (Lipinski definition) is 2. The molecule has 3 aromatic carbocycles. The van der Waals surface area contributed by atoms with E-state index < -0.39 is 12.5 Å². The van der Waals surface area contributed by atoms with E-state index in [1.54, 1.807) is 0 Å². The zero-order valence-electron chi connectivity index (χ0n) is 34.0. The minimum Gasteiger partial charge on any atom is -0.325 e. The van der Waals surface area contributed by atoms with E-state index in [2.05, 4.69) is 113 Å². The van der Waals surface area contributed by atoms with Gasteiger partial charge in [-0.25, -0.2) is 0 Å². The Hall–Kier alpha value is -1.63. The number of benzene rings is 3. The molecule has 3 saturated carbocycles. The van der Waals surface area contributed by atoms with Gasteiger partial charge in [-0.1, -0.05) is 118 Å². The zero-order valence-corrected chi connectivity index (χ0v) is 38.1. The van der Waals surface area contributed by atoms with Crippen molar-refractivity contribution in [3.8, 4) is 0 Å². The number of hydrogen-bond donors (Lipinski definition) is 0. The summed E-state index contributed by atoms with van der Waals surface area (Å²) in [5.41, 5.74) is 17.6. The van der Waals surface area contributed by atoms with Crippen molar-refractivity contribution in [2.75, 3.05) is 22.9 Å². The summed E-state index contributed by atoms with van der Waals surface area (Å²) in [6, 6.07) is 20.6. The van der Waals surface area contributed by atoms with Crippen molar-refractivity contribution < 1.29 is 19.5 Å². The van der Waals surface area contributed by atoms with Crippen molar-refractivity contribution in [1.82, 2.24) is 0 Å². The van der Waals surface area contributed by atoms with Gasteiger partial charge in [0.1, 0.15) is 5.82 Å². The Morgan fingerprint density at radius 3 is 1.57 bits per heavy atom. The summed E-state index contributed by atoms with van der Waals surface area (Å²) < 4.78 is -0.402. The molecule has 3 aliphatic carbocycles. The monoisotopic (exact) mass is 870 g/mol. The number of allylic oxidation sites excluding steroid dienone is 3. The Bertz CT molecular complexity index is 1730. The third-order valence-electron chi connectivity index (χ3n) is 12.9. The smallest absolute Gasteiger partial charge is 0.118 e. The predicted molar refractivity (Wildman–Crippen MR) is 234 cm³/mol. The normalized spacial score (nSPS) is 24.0. The van der Waals surface area contributed by atoms with E-state index in [9.17, 15) is 0 Å². The third-order valence-corrected chi connectivity index (χ3v) is 18.2. The molecule has 2 atom stereocenters. The van der Waals surface area contributed by atoms with Crippen LogP contribution in [0.15, 0.2) is 77.1 Å². The predicted octanol–water partition coefficient (Wildman–Crippen LogP) is 14.1. The van der Waals surface area contributed by atoms with Crippen LogP contribution in [0.1, 0.15) is 123 Å². The second kappa shape index (κ2) is 17.9. The fourth-order valence-electron chi connectivity index (χ4n) is 11.1. The Morgan fingerprint density at radius 1 is 0.685 bits per heavy atom.